The molecule has 6 N–H and O–H groups in total. The molecule has 0 bridgehead atoms. The van der Waals surface area contributed by atoms with Crippen molar-refractivity contribution < 1.29 is 15.3 Å². The molecule has 0 amide bonds. The van der Waals surface area contributed by atoms with Gasteiger partial charge in [0.15, 0.2) is 0 Å². The highest BCUT2D eigenvalue weighted by Gasteiger charge is 1.87. The van der Waals surface area contributed by atoms with E-state index in [1.807, 2.05) is 0 Å². The van der Waals surface area contributed by atoms with Gasteiger partial charge in [-0.25, -0.2) is 0 Å². The number of pyridine rings is 1. The monoisotopic (exact) mass is 182 g/mol. The van der Waals surface area contributed by atoms with Gasteiger partial charge in [-0.15, -0.1) is 0 Å². The van der Waals surface area contributed by atoms with Crippen molar-refractivity contribution in [2.24, 2.45) is 11.5 Å². The minimum atomic E-state index is -1.24. The average molecular weight is 182 g/mol. The molecule has 0 saturated carbocycles. The zero-order chi connectivity index (χ0) is 10.3. The number of carbonyl (C=O) groups is 1. The topological polar surface area (TPSA) is 131 Å². The van der Waals surface area contributed by atoms with Gasteiger partial charge in [-0.2, -0.15) is 0 Å². The maximum atomic E-state index is 10.0. The minimum Gasteiger partial charge on any atom is -0.543 e. The van der Waals surface area contributed by atoms with E-state index in [9.17, 15) is 9.90 Å². The fraction of sp³-hybridized carbons (Fsp3) is 0. The first-order valence-corrected chi connectivity index (χ1v) is 3.29. The standard InChI is InChI=1S/C6H5NO2.CH5N3/c8-6(9)5-3-1-2-4-7-5;2-1(3)4/h1-4H,(H,8,9);(H5,2,3,4). The minimum absolute atomic E-state index is 0.0301. The molecule has 0 atom stereocenters. The molecule has 6 heteroatoms. The Balaban J connectivity index is 0.000000310. The van der Waals surface area contributed by atoms with Crippen LogP contribution in [0.15, 0.2) is 24.4 Å². The van der Waals surface area contributed by atoms with E-state index in [-0.39, 0.29) is 11.7 Å². The summed E-state index contributed by atoms with van der Waals surface area (Å²) in [5.41, 5.74) is 9.14. The third-order valence-corrected chi connectivity index (χ3v) is 0.874. The summed E-state index contributed by atoms with van der Waals surface area (Å²) in [6.07, 6.45) is 1.41. The quantitative estimate of drug-likeness (QED) is 0.306. The van der Waals surface area contributed by atoms with Crippen LogP contribution in [0, 0.1) is 0 Å². The highest BCUT2D eigenvalue weighted by atomic mass is 16.4. The van der Waals surface area contributed by atoms with Gasteiger partial charge in [0, 0.05) is 6.20 Å². The number of rotatable bonds is 1. The predicted molar refractivity (Wildman–Crippen MR) is 43.9 cm³/mol. The highest BCUT2D eigenvalue weighted by Crippen LogP contribution is 1.88. The predicted octanol–water partition coefficient (Wildman–Crippen LogP) is -3.54. The third-order valence-electron chi connectivity index (χ3n) is 0.874. The maximum Gasteiger partial charge on any atom is 0.336 e. The van der Waals surface area contributed by atoms with Crippen LogP contribution < -0.4 is 22.0 Å². The van der Waals surface area contributed by atoms with E-state index in [2.05, 4.69) is 21.9 Å². The van der Waals surface area contributed by atoms with Crippen molar-refractivity contribution in [2.45, 2.75) is 0 Å². The summed E-state index contributed by atoms with van der Waals surface area (Å²) in [4.78, 5) is 13.5. The second kappa shape index (κ2) is 5.53. The number of guanidine groups is 1. The molecule has 0 saturated heterocycles. The second-order valence-electron chi connectivity index (χ2n) is 2.00. The van der Waals surface area contributed by atoms with Gasteiger partial charge < -0.3 is 9.90 Å². The average Bonchev–Trinajstić information content (AvgIpc) is 2.05. The Morgan fingerprint density at radius 1 is 1.46 bits per heavy atom. The van der Waals surface area contributed by atoms with E-state index in [4.69, 9.17) is 0 Å². The van der Waals surface area contributed by atoms with E-state index in [1.165, 1.54) is 12.3 Å². The summed E-state index contributed by atoms with van der Waals surface area (Å²) in [7, 11) is 0. The molecule has 1 heterocycles. The van der Waals surface area contributed by atoms with Gasteiger partial charge in [-0.3, -0.25) is 21.9 Å². The van der Waals surface area contributed by atoms with Crippen LogP contribution in [0.1, 0.15) is 10.5 Å². The van der Waals surface area contributed by atoms with Crippen LogP contribution in [0.3, 0.4) is 0 Å². The molecule has 1 rings (SSSR count). The number of carbonyl (C=O) groups excluding carboxylic acids is 1. The first-order chi connectivity index (χ1) is 6.04. The number of hydrogen-bond donors (Lipinski definition) is 3. The number of aromatic nitrogens is 1. The fourth-order valence-corrected chi connectivity index (χ4v) is 0.484. The molecule has 0 aliphatic heterocycles. The van der Waals surface area contributed by atoms with Gasteiger partial charge in [0.1, 0.15) is 0 Å². The Bertz CT molecular complexity index is 282. The SMILES string of the molecule is NC(N)=[NH2+].O=C([O-])c1ccccn1. The lowest BCUT2D eigenvalue weighted by molar-refractivity contribution is -0.255. The van der Waals surface area contributed by atoms with Crippen LogP contribution in [0.5, 0.6) is 0 Å². The van der Waals surface area contributed by atoms with Gasteiger partial charge in [-0.05, 0) is 12.1 Å². The third kappa shape index (κ3) is 6.29. The van der Waals surface area contributed by atoms with Gasteiger partial charge in [0.2, 0.25) is 0 Å². The van der Waals surface area contributed by atoms with Crippen LogP contribution in [0.4, 0.5) is 0 Å². The number of nitrogens with zero attached hydrogens (tertiary/aromatic N) is 1. The number of aromatic carboxylic acids is 1. The number of carboxylic acids is 1. The van der Waals surface area contributed by atoms with Gasteiger partial charge in [-0.1, -0.05) is 6.07 Å². The first-order valence-electron chi connectivity index (χ1n) is 3.29. The van der Waals surface area contributed by atoms with Gasteiger partial charge >= 0.3 is 5.96 Å². The van der Waals surface area contributed by atoms with Gasteiger partial charge in [0.05, 0.1) is 11.7 Å². The molecule has 0 aliphatic rings. The van der Waals surface area contributed by atoms with Crippen molar-refractivity contribution in [2.75, 3.05) is 0 Å². The first kappa shape index (κ1) is 10.9. The number of hydrogen-bond acceptors (Lipinski definition) is 3. The summed E-state index contributed by atoms with van der Waals surface area (Å²) in [6.45, 7) is 0. The normalized spacial score (nSPS) is 8.00. The molecule has 1 aromatic heterocycles. The summed E-state index contributed by atoms with van der Waals surface area (Å²) < 4.78 is 0. The van der Waals surface area contributed by atoms with E-state index in [0.717, 1.165) is 0 Å². The van der Waals surface area contributed by atoms with Crippen molar-refractivity contribution in [3.63, 3.8) is 0 Å². The molecule has 0 spiro atoms. The van der Waals surface area contributed by atoms with Crippen molar-refractivity contribution in [1.82, 2.24) is 4.98 Å². The largest absolute Gasteiger partial charge is 0.543 e. The molecule has 6 nitrogen and oxygen atoms in total. The van der Waals surface area contributed by atoms with Crippen molar-refractivity contribution in [1.29, 1.82) is 0 Å². The molecule has 0 unspecified atom stereocenters. The Morgan fingerprint density at radius 3 is 2.23 bits per heavy atom. The van der Waals surface area contributed by atoms with Crippen LogP contribution in [0.2, 0.25) is 0 Å². The molecule has 1 aromatic rings. The Labute approximate surface area is 74.7 Å². The second-order valence-corrected chi connectivity index (χ2v) is 2.00. The molecule has 0 aromatic carbocycles. The summed E-state index contributed by atoms with van der Waals surface area (Å²) >= 11 is 0. The highest BCUT2D eigenvalue weighted by molar-refractivity contribution is 5.83. The Morgan fingerprint density at radius 2 is 2.00 bits per heavy atom. The lowest BCUT2D eigenvalue weighted by Gasteiger charge is -1.96. The van der Waals surface area contributed by atoms with Crippen LogP contribution in [0.25, 0.3) is 0 Å². The molecular formula is C7H10N4O2. The summed E-state index contributed by atoms with van der Waals surface area (Å²) in [5.74, 6) is -1.32. The Hall–Kier alpha value is -2.11. The summed E-state index contributed by atoms with van der Waals surface area (Å²) in [5, 5.41) is 14.6. The fourth-order valence-electron chi connectivity index (χ4n) is 0.484. The van der Waals surface area contributed by atoms with Gasteiger partial charge in [0.25, 0.3) is 0 Å². The van der Waals surface area contributed by atoms with E-state index in [1.54, 1.807) is 12.1 Å². The molecule has 70 valence electrons. The number of nitrogens with two attached hydrogens (primary N) is 3. The molecule has 0 radical (unpaired) electrons. The molecule has 13 heavy (non-hydrogen) atoms. The van der Waals surface area contributed by atoms with Crippen molar-refractivity contribution >= 4 is 11.9 Å². The van der Waals surface area contributed by atoms with E-state index < -0.39 is 5.97 Å². The molecule has 0 fully saturated rings. The van der Waals surface area contributed by atoms with Crippen LogP contribution >= 0.6 is 0 Å². The smallest absolute Gasteiger partial charge is 0.336 e. The summed E-state index contributed by atoms with van der Waals surface area (Å²) in [6, 6.07) is 4.62. The van der Waals surface area contributed by atoms with E-state index >= 15 is 0 Å². The lowest BCUT2D eigenvalue weighted by Crippen LogP contribution is -2.51. The molecule has 0 aliphatic carbocycles. The van der Waals surface area contributed by atoms with E-state index in [0.29, 0.717) is 0 Å². The maximum absolute atomic E-state index is 10.0. The van der Waals surface area contributed by atoms with Crippen LogP contribution in [-0.2, 0) is 0 Å². The van der Waals surface area contributed by atoms with Crippen molar-refractivity contribution in [3.8, 4) is 0 Å². The number of carboxylic acid groups (broad SMARTS) is 1. The Kier molecular flexibility index (Phi) is 4.63. The van der Waals surface area contributed by atoms with Crippen molar-refractivity contribution in [3.05, 3.63) is 30.1 Å². The zero-order valence-electron chi connectivity index (χ0n) is 6.81. The van der Waals surface area contributed by atoms with Crippen LogP contribution in [-0.4, -0.2) is 16.9 Å². The zero-order valence-corrected chi connectivity index (χ0v) is 6.81. The lowest BCUT2D eigenvalue weighted by atomic mass is 10.4. The molecular weight excluding hydrogens is 172 g/mol.